The van der Waals surface area contributed by atoms with E-state index in [1.807, 2.05) is 51.1 Å². The van der Waals surface area contributed by atoms with E-state index in [0.29, 0.717) is 18.2 Å². The van der Waals surface area contributed by atoms with Gasteiger partial charge in [-0.1, -0.05) is 38.1 Å². The van der Waals surface area contributed by atoms with Crippen molar-refractivity contribution < 1.29 is 9.90 Å². The lowest BCUT2D eigenvalue weighted by Gasteiger charge is -2.18. The van der Waals surface area contributed by atoms with Crippen LogP contribution in [0.25, 0.3) is 10.8 Å². The Labute approximate surface area is 118 Å². The summed E-state index contributed by atoms with van der Waals surface area (Å²) in [5.74, 6) is 0.111. The molecule has 0 aliphatic carbocycles. The molecule has 0 radical (unpaired) electrons. The van der Waals surface area contributed by atoms with Gasteiger partial charge in [-0.25, -0.2) is 9.78 Å². The Morgan fingerprint density at radius 1 is 1.35 bits per heavy atom. The zero-order valence-corrected chi connectivity index (χ0v) is 12.1. The molecule has 1 unspecified atom stereocenters. The number of aliphatic carboxylic acids is 1. The summed E-state index contributed by atoms with van der Waals surface area (Å²) in [5.41, 5.74) is 0.875. The predicted octanol–water partition coefficient (Wildman–Crippen LogP) is 3.45. The molecule has 20 heavy (non-hydrogen) atoms. The van der Waals surface area contributed by atoms with Crippen molar-refractivity contribution in [2.24, 2.45) is 5.92 Å². The van der Waals surface area contributed by atoms with E-state index < -0.39 is 12.0 Å². The van der Waals surface area contributed by atoms with Crippen LogP contribution in [0.3, 0.4) is 0 Å². The van der Waals surface area contributed by atoms with E-state index in [0.717, 1.165) is 16.5 Å². The van der Waals surface area contributed by atoms with Crippen molar-refractivity contribution in [3.63, 3.8) is 0 Å². The molecule has 0 aliphatic heterocycles. The molecule has 2 aromatic rings. The van der Waals surface area contributed by atoms with Gasteiger partial charge in [0.05, 0.1) is 0 Å². The summed E-state index contributed by atoms with van der Waals surface area (Å²) in [6.07, 6.45) is 0.569. The van der Waals surface area contributed by atoms with Gasteiger partial charge in [0.25, 0.3) is 0 Å². The number of hydrogen-bond acceptors (Lipinski definition) is 3. The number of rotatable bonds is 5. The molecule has 2 rings (SSSR count). The summed E-state index contributed by atoms with van der Waals surface area (Å²) >= 11 is 0. The second-order valence-corrected chi connectivity index (χ2v) is 5.50. The Morgan fingerprint density at radius 2 is 2.05 bits per heavy atom. The van der Waals surface area contributed by atoms with E-state index in [-0.39, 0.29) is 0 Å². The lowest BCUT2D eigenvalue weighted by atomic mass is 10.0. The van der Waals surface area contributed by atoms with Gasteiger partial charge in [-0.3, -0.25) is 0 Å². The fourth-order valence-corrected chi connectivity index (χ4v) is 2.30. The molecule has 0 saturated heterocycles. The molecule has 4 nitrogen and oxygen atoms in total. The van der Waals surface area contributed by atoms with E-state index in [9.17, 15) is 9.90 Å². The quantitative estimate of drug-likeness (QED) is 0.875. The number of aromatic nitrogens is 1. The van der Waals surface area contributed by atoms with Crippen LogP contribution >= 0.6 is 0 Å². The minimum Gasteiger partial charge on any atom is -0.480 e. The van der Waals surface area contributed by atoms with Gasteiger partial charge in [-0.05, 0) is 30.7 Å². The highest BCUT2D eigenvalue weighted by molar-refractivity contribution is 5.93. The molecule has 1 atom stereocenters. The lowest BCUT2D eigenvalue weighted by Crippen LogP contribution is -2.31. The summed E-state index contributed by atoms with van der Waals surface area (Å²) in [7, 11) is 0. The van der Waals surface area contributed by atoms with E-state index in [1.54, 1.807) is 0 Å². The van der Waals surface area contributed by atoms with E-state index in [1.165, 1.54) is 0 Å². The maximum absolute atomic E-state index is 11.4. The molecule has 0 bridgehead atoms. The Balaban J connectivity index is 2.38. The van der Waals surface area contributed by atoms with Crippen LogP contribution in [0.5, 0.6) is 0 Å². The third kappa shape index (κ3) is 3.26. The van der Waals surface area contributed by atoms with Crippen molar-refractivity contribution in [3.05, 3.63) is 36.0 Å². The molecule has 4 heteroatoms. The van der Waals surface area contributed by atoms with Crippen molar-refractivity contribution >= 4 is 22.6 Å². The van der Waals surface area contributed by atoms with Gasteiger partial charge in [0, 0.05) is 11.1 Å². The lowest BCUT2D eigenvalue weighted by molar-refractivity contribution is -0.138. The van der Waals surface area contributed by atoms with Crippen LogP contribution in [0.2, 0.25) is 0 Å². The zero-order valence-electron chi connectivity index (χ0n) is 12.1. The van der Waals surface area contributed by atoms with Gasteiger partial charge >= 0.3 is 5.97 Å². The number of hydrogen-bond donors (Lipinski definition) is 2. The fraction of sp³-hybridized carbons (Fsp3) is 0.375. The van der Waals surface area contributed by atoms with Crippen molar-refractivity contribution in [2.75, 3.05) is 5.32 Å². The monoisotopic (exact) mass is 272 g/mol. The molecule has 1 heterocycles. The Kier molecular flexibility index (Phi) is 4.23. The molecule has 0 fully saturated rings. The standard InChI is InChI=1S/C16H20N2O2/c1-10(2)8-14(16(19)20)18-15-13-7-5-4-6-12(13)9-11(3)17-15/h4-7,9-10,14H,8H2,1-3H3,(H,17,18)(H,19,20). The van der Waals surface area contributed by atoms with Gasteiger partial charge < -0.3 is 10.4 Å². The molecule has 0 saturated carbocycles. The topological polar surface area (TPSA) is 62.2 Å². The van der Waals surface area contributed by atoms with Gasteiger partial charge in [-0.15, -0.1) is 0 Å². The van der Waals surface area contributed by atoms with Crippen LogP contribution in [0.1, 0.15) is 26.0 Å². The smallest absolute Gasteiger partial charge is 0.326 e. The summed E-state index contributed by atoms with van der Waals surface area (Å²) in [5, 5.41) is 14.4. The maximum Gasteiger partial charge on any atom is 0.326 e. The number of nitrogens with zero attached hydrogens (tertiary/aromatic N) is 1. The molecule has 1 aromatic heterocycles. The number of benzene rings is 1. The first-order valence-corrected chi connectivity index (χ1v) is 6.83. The normalized spacial score (nSPS) is 12.6. The van der Waals surface area contributed by atoms with Crippen LogP contribution in [0, 0.1) is 12.8 Å². The van der Waals surface area contributed by atoms with Crippen molar-refractivity contribution in [3.8, 4) is 0 Å². The van der Waals surface area contributed by atoms with Gasteiger partial charge in [0.1, 0.15) is 11.9 Å². The molecular weight excluding hydrogens is 252 g/mol. The number of pyridine rings is 1. The highest BCUT2D eigenvalue weighted by Gasteiger charge is 2.20. The number of fused-ring (bicyclic) bond motifs is 1. The molecule has 0 amide bonds. The number of aryl methyl sites for hydroxylation is 1. The Morgan fingerprint density at radius 3 is 2.70 bits per heavy atom. The van der Waals surface area contributed by atoms with Gasteiger partial charge in [0.2, 0.25) is 0 Å². The van der Waals surface area contributed by atoms with Crippen molar-refractivity contribution in [2.45, 2.75) is 33.2 Å². The third-order valence-corrected chi connectivity index (χ3v) is 3.18. The summed E-state index contributed by atoms with van der Waals surface area (Å²) < 4.78 is 0. The number of carbonyl (C=O) groups is 1. The van der Waals surface area contributed by atoms with Crippen LogP contribution in [-0.2, 0) is 4.79 Å². The van der Waals surface area contributed by atoms with Crippen LogP contribution in [-0.4, -0.2) is 22.1 Å². The van der Waals surface area contributed by atoms with E-state index >= 15 is 0 Å². The summed E-state index contributed by atoms with van der Waals surface area (Å²) in [4.78, 5) is 15.8. The second kappa shape index (κ2) is 5.90. The average Bonchev–Trinajstić information content (AvgIpc) is 2.37. The molecule has 0 spiro atoms. The van der Waals surface area contributed by atoms with Gasteiger partial charge in [0.15, 0.2) is 0 Å². The minimum atomic E-state index is -0.842. The SMILES string of the molecule is Cc1cc2ccccc2c(NC(CC(C)C)C(=O)O)n1. The highest BCUT2D eigenvalue weighted by atomic mass is 16.4. The molecular formula is C16H20N2O2. The Bertz CT molecular complexity index is 623. The zero-order chi connectivity index (χ0) is 14.7. The van der Waals surface area contributed by atoms with Crippen LogP contribution < -0.4 is 5.32 Å². The summed E-state index contributed by atoms with van der Waals surface area (Å²) in [6, 6.07) is 9.24. The highest BCUT2D eigenvalue weighted by Crippen LogP contribution is 2.23. The molecule has 2 N–H and O–H groups in total. The van der Waals surface area contributed by atoms with Crippen molar-refractivity contribution in [1.82, 2.24) is 4.98 Å². The van der Waals surface area contributed by atoms with E-state index in [4.69, 9.17) is 0 Å². The molecule has 1 aromatic carbocycles. The largest absolute Gasteiger partial charge is 0.480 e. The van der Waals surface area contributed by atoms with E-state index in [2.05, 4.69) is 10.3 Å². The first kappa shape index (κ1) is 14.3. The minimum absolute atomic E-state index is 0.305. The first-order valence-electron chi connectivity index (χ1n) is 6.83. The molecule has 106 valence electrons. The van der Waals surface area contributed by atoms with Crippen LogP contribution in [0.15, 0.2) is 30.3 Å². The third-order valence-electron chi connectivity index (χ3n) is 3.18. The average molecular weight is 272 g/mol. The maximum atomic E-state index is 11.4. The number of nitrogens with one attached hydrogen (secondary N) is 1. The van der Waals surface area contributed by atoms with Gasteiger partial charge in [-0.2, -0.15) is 0 Å². The van der Waals surface area contributed by atoms with Crippen LogP contribution in [0.4, 0.5) is 5.82 Å². The predicted molar refractivity (Wildman–Crippen MR) is 81.0 cm³/mol. The molecule has 0 aliphatic rings. The summed E-state index contributed by atoms with van der Waals surface area (Å²) in [6.45, 7) is 5.94. The second-order valence-electron chi connectivity index (χ2n) is 5.50. The number of carboxylic acid groups (broad SMARTS) is 1. The number of carboxylic acids is 1. The fourth-order valence-electron chi connectivity index (χ4n) is 2.30. The first-order chi connectivity index (χ1) is 9.47. The Hall–Kier alpha value is -2.10. The van der Waals surface area contributed by atoms with Crippen molar-refractivity contribution in [1.29, 1.82) is 0 Å². The number of anilines is 1.